The van der Waals surface area contributed by atoms with E-state index < -0.39 is 17.6 Å². The number of rotatable bonds is 5. The van der Waals surface area contributed by atoms with Crippen molar-refractivity contribution in [2.24, 2.45) is 0 Å². The van der Waals surface area contributed by atoms with Crippen LogP contribution in [0.5, 0.6) is 0 Å². The number of nitrogens with zero attached hydrogens (tertiary/aromatic N) is 3. The molecule has 0 unspecified atom stereocenters. The Morgan fingerprint density at radius 3 is 2.57 bits per heavy atom. The fourth-order valence-corrected chi connectivity index (χ4v) is 2.66. The van der Waals surface area contributed by atoms with Crippen LogP contribution in [0.25, 0.3) is 5.69 Å². The Bertz CT molecular complexity index is 990. The lowest BCUT2D eigenvalue weighted by molar-refractivity contribution is -0.137. The highest BCUT2D eigenvalue weighted by Gasteiger charge is 2.31. The number of anilines is 1. The first-order valence-electron chi connectivity index (χ1n) is 7.98. The Morgan fingerprint density at radius 1 is 1.21 bits per heavy atom. The molecule has 0 saturated heterocycles. The second-order valence-electron chi connectivity index (χ2n) is 5.71. The summed E-state index contributed by atoms with van der Waals surface area (Å²) in [5.41, 5.74) is -0.206. The van der Waals surface area contributed by atoms with E-state index in [1.54, 1.807) is 24.3 Å². The average Bonchev–Trinajstić information content (AvgIpc) is 3.07. The summed E-state index contributed by atoms with van der Waals surface area (Å²) in [6, 6.07) is 11.6. The summed E-state index contributed by atoms with van der Waals surface area (Å²) in [7, 11) is 1.44. The zero-order valence-corrected chi connectivity index (χ0v) is 15.3. The zero-order valence-electron chi connectivity index (χ0n) is 14.5. The third kappa shape index (κ3) is 4.15. The Hall–Kier alpha value is -2.91. The molecule has 146 valence electrons. The van der Waals surface area contributed by atoms with Crippen LogP contribution in [0.4, 0.5) is 18.9 Å². The maximum Gasteiger partial charge on any atom is 0.416 e. The van der Waals surface area contributed by atoms with Crippen LogP contribution >= 0.6 is 11.6 Å². The van der Waals surface area contributed by atoms with Crippen LogP contribution < -0.4 is 5.32 Å². The predicted octanol–water partition coefficient (Wildman–Crippen LogP) is 4.34. The molecule has 0 aliphatic rings. The number of para-hydroxylation sites is 1. The van der Waals surface area contributed by atoms with Gasteiger partial charge in [0, 0.05) is 7.11 Å². The molecule has 0 spiro atoms. The van der Waals surface area contributed by atoms with Gasteiger partial charge in [-0.1, -0.05) is 35.0 Å². The number of carbonyl (C=O) groups is 1. The van der Waals surface area contributed by atoms with Crippen molar-refractivity contribution in [1.82, 2.24) is 15.0 Å². The lowest BCUT2D eigenvalue weighted by Crippen LogP contribution is -2.17. The highest BCUT2D eigenvalue weighted by molar-refractivity contribution is 6.34. The fourth-order valence-electron chi connectivity index (χ4n) is 2.50. The Labute approximate surface area is 162 Å². The summed E-state index contributed by atoms with van der Waals surface area (Å²) in [6.45, 7) is 0.0149. The van der Waals surface area contributed by atoms with Crippen molar-refractivity contribution in [1.29, 1.82) is 0 Å². The number of ether oxygens (including phenoxy) is 1. The van der Waals surface area contributed by atoms with Crippen LogP contribution in [0.15, 0.2) is 48.5 Å². The number of halogens is 4. The summed E-state index contributed by atoms with van der Waals surface area (Å²) >= 11 is 5.93. The second kappa shape index (κ2) is 7.99. The number of benzene rings is 2. The van der Waals surface area contributed by atoms with Crippen LogP contribution in [0.2, 0.25) is 5.02 Å². The van der Waals surface area contributed by atoms with E-state index in [0.717, 1.165) is 18.2 Å². The van der Waals surface area contributed by atoms with Crippen molar-refractivity contribution >= 4 is 23.2 Å². The number of aromatic nitrogens is 3. The Morgan fingerprint density at radius 2 is 1.93 bits per heavy atom. The number of methoxy groups -OCH3 is 1. The molecule has 1 heterocycles. The normalized spacial score (nSPS) is 11.5. The number of carbonyl (C=O) groups excluding carboxylic acids is 1. The third-order valence-electron chi connectivity index (χ3n) is 3.80. The molecule has 3 aromatic rings. The van der Waals surface area contributed by atoms with Crippen molar-refractivity contribution in [3.8, 4) is 5.69 Å². The Kier molecular flexibility index (Phi) is 5.66. The van der Waals surface area contributed by atoms with Crippen LogP contribution in [0, 0.1) is 0 Å². The molecular weight excluding hydrogens is 397 g/mol. The van der Waals surface area contributed by atoms with Crippen LogP contribution in [-0.4, -0.2) is 28.0 Å². The number of hydrogen-bond acceptors (Lipinski definition) is 4. The minimum Gasteiger partial charge on any atom is -0.378 e. The minimum atomic E-state index is -4.57. The van der Waals surface area contributed by atoms with Gasteiger partial charge in [-0.25, -0.2) is 4.68 Å². The van der Waals surface area contributed by atoms with E-state index >= 15 is 0 Å². The van der Waals surface area contributed by atoms with Crippen molar-refractivity contribution in [2.45, 2.75) is 12.8 Å². The summed E-state index contributed by atoms with van der Waals surface area (Å²) < 4.78 is 45.3. The molecule has 0 saturated carbocycles. The van der Waals surface area contributed by atoms with Gasteiger partial charge in [0.15, 0.2) is 5.69 Å². The molecule has 0 fully saturated rings. The molecule has 0 atom stereocenters. The van der Waals surface area contributed by atoms with Gasteiger partial charge in [-0.15, -0.1) is 5.10 Å². The molecule has 0 aliphatic carbocycles. The maximum atomic E-state index is 12.9. The predicted molar refractivity (Wildman–Crippen MR) is 96.5 cm³/mol. The molecule has 0 radical (unpaired) electrons. The second-order valence-corrected chi connectivity index (χ2v) is 6.12. The summed E-state index contributed by atoms with van der Waals surface area (Å²) in [4.78, 5) is 12.6. The maximum absolute atomic E-state index is 12.9. The summed E-state index contributed by atoms with van der Waals surface area (Å²) in [5, 5.41) is 10.1. The van der Waals surface area contributed by atoms with Gasteiger partial charge < -0.3 is 10.1 Å². The SMILES string of the molecule is COCc1c(C(=O)Nc2cc(C(F)(F)F)ccc2Cl)nnn1-c1ccccc1. The molecule has 1 aromatic heterocycles. The van der Waals surface area contributed by atoms with Gasteiger partial charge in [-0.05, 0) is 30.3 Å². The van der Waals surface area contributed by atoms with E-state index in [1.165, 1.54) is 11.8 Å². The molecule has 1 N–H and O–H groups in total. The molecule has 28 heavy (non-hydrogen) atoms. The molecule has 0 aliphatic heterocycles. The first kappa shape index (κ1) is 19.8. The van der Waals surface area contributed by atoms with Crippen molar-refractivity contribution < 1.29 is 22.7 Å². The minimum absolute atomic E-state index is 0.0149. The van der Waals surface area contributed by atoms with Gasteiger partial charge in [0.05, 0.1) is 28.6 Å². The molecule has 3 rings (SSSR count). The molecule has 0 bridgehead atoms. The Balaban J connectivity index is 1.95. The topological polar surface area (TPSA) is 69.0 Å². The van der Waals surface area contributed by atoms with Gasteiger partial charge in [-0.2, -0.15) is 13.2 Å². The number of amides is 1. The number of alkyl halides is 3. The molecule has 1 amide bonds. The van der Waals surface area contributed by atoms with Crippen LogP contribution in [-0.2, 0) is 17.5 Å². The van der Waals surface area contributed by atoms with E-state index in [0.29, 0.717) is 11.4 Å². The average molecular weight is 411 g/mol. The summed E-state index contributed by atoms with van der Waals surface area (Å²) in [5.74, 6) is -0.754. The zero-order chi connectivity index (χ0) is 20.3. The van der Waals surface area contributed by atoms with Gasteiger partial charge in [0.1, 0.15) is 5.69 Å². The highest BCUT2D eigenvalue weighted by atomic mass is 35.5. The highest BCUT2D eigenvalue weighted by Crippen LogP contribution is 2.34. The standard InChI is InChI=1S/C18H14ClF3N4O2/c1-28-10-15-16(24-25-26(15)12-5-3-2-4-6-12)17(27)23-14-9-11(18(20,21)22)7-8-13(14)19/h2-9H,10H2,1H3,(H,23,27). The molecular formula is C18H14ClF3N4O2. The lowest BCUT2D eigenvalue weighted by atomic mass is 10.2. The molecule has 6 nitrogen and oxygen atoms in total. The third-order valence-corrected chi connectivity index (χ3v) is 4.13. The van der Waals surface area contributed by atoms with Gasteiger partial charge in [0.25, 0.3) is 5.91 Å². The van der Waals surface area contributed by atoms with Crippen molar-refractivity contribution in [3.63, 3.8) is 0 Å². The van der Waals surface area contributed by atoms with Crippen molar-refractivity contribution in [2.75, 3.05) is 12.4 Å². The monoisotopic (exact) mass is 410 g/mol. The van der Waals surface area contributed by atoms with Crippen molar-refractivity contribution in [3.05, 3.63) is 70.5 Å². The largest absolute Gasteiger partial charge is 0.416 e. The van der Waals surface area contributed by atoms with Gasteiger partial charge in [0.2, 0.25) is 0 Å². The summed E-state index contributed by atoms with van der Waals surface area (Å²) in [6.07, 6.45) is -4.57. The first-order valence-corrected chi connectivity index (χ1v) is 8.36. The smallest absolute Gasteiger partial charge is 0.378 e. The number of nitrogens with one attached hydrogen (secondary N) is 1. The van der Waals surface area contributed by atoms with Gasteiger partial charge >= 0.3 is 6.18 Å². The van der Waals surface area contributed by atoms with Crippen LogP contribution in [0.3, 0.4) is 0 Å². The molecule has 10 heteroatoms. The first-order chi connectivity index (χ1) is 13.3. The van der Waals surface area contributed by atoms with Gasteiger partial charge in [-0.3, -0.25) is 4.79 Å². The van der Waals surface area contributed by atoms with E-state index in [-0.39, 0.29) is 23.0 Å². The van der Waals surface area contributed by atoms with Crippen LogP contribution in [0.1, 0.15) is 21.7 Å². The fraction of sp³-hybridized carbons (Fsp3) is 0.167. The number of hydrogen-bond donors (Lipinski definition) is 1. The molecule has 2 aromatic carbocycles. The van der Waals surface area contributed by atoms with E-state index in [1.807, 2.05) is 6.07 Å². The quantitative estimate of drug-likeness (QED) is 0.679. The van der Waals surface area contributed by atoms with E-state index in [4.69, 9.17) is 16.3 Å². The van der Waals surface area contributed by atoms with E-state index in [2.05, 4.69) is 15.6 Å². The lowest BCUT2D eigenvalue weighted by Gasteiger charge is -2.11. The van der Waals surface area contributed by atoms with E-state index in [9.17, 15) is 18.0 Å².